The third-order valence-corrected chi connectivity index (χ3v) is 4.19. The first-order valence-electron chi connectivity index (χ1n) is 8.26. The summed E-state index contributed by atoms with van der Waals surface area (Å²) in [7, 11) is 1.41. The average Bonchev–Trinajstić information content (AvgIpc) is 2.92. The Balaban J connectivity index is 1.88. The van der Waals surface area contributed by atoms with Crippen molar-refractivity contribution in [3.05, 3.63) is 0 Å². The Hall–Kier alpha value is -2.32. The molecule has 2 rings (SSSR count). The molecule has 0 bridgehead atoms. The molecule has 0 aromatic rings. The standard InChI is InChI=1S/C15H25N5O4/c1-3-16-14(17-6-9-20-12(21)10-18-15(20)23)19-7-4-11(5-8-19)13(22)24-2/h11H,3-10H2,1-2H3,(H,16,17)(H,18,23). The first kappa shape index (κ1) is 18.0. The zero-order chi connectivity index (χ0) is 17.5. The highest BCUT2D eigenvalue weighted by atomic mass is 16.5. The summed E-state index contributed by atoms with van der Waals surface area (Å²) in [5.41, 5.74) is 0. The number of hydrogen-bond acceptors (Lipinski definition) is 5. The molecule has 9 nitrogen and oxygen atoms in total. The highest BCUT2D eigenvalue weighted by molar-refractivity contribution is 6.01. The van der Waals surface area contributed by atoms with Crippen LogP contribution >= 0.6 is 0 Å². The fourth-order valence-electron chi connectivity index (χ4n) is 2.86. The summed E-state index contributed by atoms with van der Waals surface area (Å²) in [4.78, 5) is 42.4. The Kier molecular flexibility index (Phi) is 6.39. The summed E-state index contributed by atoms with van der Waals surface area (Å²) in [5, 5.41) is 5.70. The van der Waals surface area contributed by atoms with E-state index in [4.69, 9.17) is 4.74 Å². The molecule has 0 saturated carbocycles. The Bertz CT molecular complexity index is 498. The molecule has 9 heteroatoms. The molecular weight excluding hydrogens is 314 g/mol. The van der Waals surface area contributed by atoms with Crippen LogP contribution in [-0.2, 0) is 14.3 Å². The van der Waals surface area contributed by atoms with Gasteiger partial charge in [0.15, 0.2) is 5.96 Å². The number of hydrogen-bond donors (Lipinski definition) is 2. The van der Waals surface area contributed by atoms with Gasteiger partial charge in [0.05, 0.1) is 32.7 Å². The topological polar surface area (TPSA) is 103 Å². The smallest absolute Gasteiger partial charge is 0.324 e. The van der Waals surface area contributed by atoms with Gasteiger partial charge in [-0.15, -0.1) is 0 Å². The van der Waals surface area contributed by atoms with Crippen LogP contribution in [0.1, 0.15) is 19.8 Å². The lowest BCUT2D eigenvalue weighted by atomic mass is 9.97. The Labute approximate surface area is 141 Å². The van der Waals surface area contributed by atoms with Crippen molar-refractivity contribution in [2.45, 2.75) is 19.8 Å². The number of carbonyl (C=O) groups excluding carboxylic acids is 3. The van der Waals surface area contributed by atoms with E-state index in [0.717, 1.165) is 25.3 Å². The van der Waals surface area contributed by atoms with Crippen LogP contribution in [0.5, 0.6) is 0 Å². The molecule has 24 heavy (non-hydrogen) atoms. The minimum absolute atomic E-state index is 0.0555. The number of aliphatic imine (C=N–C) groups is 1. The van der Waals surface area contributed by atoms with Gasteiger partial charge in [0.1, 0.15) is 0 Å². The zero-order valence-electron chi connectivity index (χ0n) is 14.2. The molecule has 0 aliphatic carbocycles. The monoisotopic (exact) mass is 339 g/mol. The van der Waals surface area contributed by atoms with E-state index in [1.807, 2.05) is 6.92 Å². The second-order valence-corrected chi connectivity index (χ2v) is 5.72. The van der Waals surface area contributed by atoms with Crippen LogP contribution in [0, 0.1) is 5.92 Å². The second-order valence-electron chi connectivity index (χ2n) is 5.72. The number of imide groups is 1. The molecule has 0 aromatic carbocycles. The van der Waals surface area contributed by atoms with Gasteiger partial charge < -0.3 is 20.3 Å². The highest BCUT2D eigenvalue weighted by Crippen LogP contribution is 2.18. The van der Waals surface area contributed by atoms with E-state index in [0.29, 0.717) is 19.6 Å². The molecule has 0 radical (unpaired) electrons. The number of urea groups is 1. The van der Waals surface area contributed by atoms with Gasteiger partial charge in [-0.1, -0.05) is 0 Å². The van der Waals surface area contributed by atoms with Gasteiger partial charge in [-0.05, 0) is 19.8 Å². The van der Waals surface area contributed by atoms with Crippen molar-refractivity contribution in [3.8, 4) is 0 Å². The lowest BCUT2D eigenvalue weighted by Crippen LogP contribution is -2.47. The normalized spacial score (nSPS) is 19.5. The minimum Gasteiger partial charge on any atom is -0.469 e. The van der Waals surface area contributed by atoms with Crippen molar-refractivity contribution in [1.29, 1.82) is 0 Å². The number of amides is 3. The van der Waals surface area contributed by atoms with Crippen molar-refractivity contribution in [1.82, 2.24) is 20.4 Å². The maximum Gasteiger partial charge on any atom is 0.324 e. The van der Waals surface area contributed by atoms with E-state index in [2.05, 4.69) is 20.5 Å². The lowest BCUT2D eigenvalue weighted by molar-refractivity contribution is -0.146. The summed E-state index contributed by atoms with van der Waals surface area (Å²) in [6.45, 7) is 4.80. The molecule has 2 saturated heterocycles. The van der Waals surface area contributed by atoms with Crippen LogP contribution in [0.15, 0.2) is 4.99 Å². The fourth-order valence-corrected chi connectivity index (χ4v) is 2.86. The second kappa shape index (κ2) is 8.51. The van der Waals surface area contributed by atoms with E-state index < -0.39 is 0 Å². The first-order chi connectivity index (χ1) is 11.6. The number of piperidine rings is 1. The zero-order valence-corrected chi connectivity index (χ0v) is 14.2. The first-order valence-corrected chi connectivity index (χ1v) is 8.26. The third-order valence-electron chi connectivity index (χ3n) is 4.19. The summed E-state index contributed by atoms with van der Waals surface area (Å²) in [5.74, 6) is 0.308. The summed E-state index contributed by atoms with van der Waals surface area (Å²) in [6, 6.07) is -0.362. The van der Waals surface area contributed by atoms with Gasteiger partial charge in [0, 0.05) is 19.6 Å². The number of carbonyl (C=O) groups is 3. The maximum absolute atomic E-state index is 11.6. The molecule has 0 unspecified atom stereocenters. The van der Waals surface area contributed by atoms with E-state index in [1.165, 1.54) is 12.0 Å². The predicted molar refractivity (Wildman–Crippen MR) is 87.4 cm³/mol. The van der Waals surface area contributed by atoms with Gasteiger partial charge in [-0.25, -0.2) is 4.79 Å². The van der Waals surface area contributed by atoms with E-state index in [1.54, 1.807) is 0 Å². The number of ether oxygens (including phenoxy) is 1. The number of guanidine groups is 1. The molecule has 2 aliphatic heterocycles. The van der Waals surface area contributed by atoms with Gasteiger partial charge >= 0.3 is 12.0 Å². The number of nitrogens with zero attached hydrogens (tertiary/aromatic N) is 3. The third kappa shape index (κ3) is 4.36. The van der Waals surface area contributed by atoms with Crippen molar-refractivity contribution in [3.63, 3.8) is 0 Å². The summed E-state index contributed by atoms with van der Waals surface area (Å²) in [6.07, 6.45) is 1.45. The van der Waals surface area contributed by atoms with Crippen LogP contribution in [0.3, 0.4) is 0 Å². The van der Waals surface area contributed by atoms with Crippen molar-refractivity contribution in [2.24, 2.45) is 10.9 Å². The molecule has 3 amide bonds. The molecular formula is C15H25N5O4. The van der Waals surface area contributed by atoms with E-state index in [9.17, 15) is 14.4 Å². The Morgan fingerprint density at radius 2 is 2.08 bits per heavy atom. The molecule has 0 atom stereocenters. The van der Waals surface area contributed by atoms with Crippen LogP contribution in [-0.4, -0.2) is 80.0 Å². The Morgan fingerprint density at radius 3 is 2.62 bits per heavy atom. The number of nitrogens with one attached hydrogen (secondary N) is 2. The molecule has 2 aliphatic rings. The Morgan fingerprint density at radius 1 is 1.38 bits per heavy atom. The van der Waals surface area contributed by atoms with Crippen LogP contribution < -0.4 is 10.6 Å². The van der Waals surface area contributed by atoms with Crippen molar-refractivity contribution >= 4 is 23.9 Å². The van der Waals surface area contributed by atoms with E-state index in [-0.39, 0.29) is 36.9 Å². The fraction of sp³-hybridized carbons (Fsp3) is 0.733. The van der Waals surface area contributed by atoms with Crippen LogP contribution in [0.2, 0.25) is 0 Å². The molecule has 2 fully saturated rings. The van der Waals surface area contributed by atoms with E-state index >= 15 is 0 Å². The molecule has 0 aromatic heterocycles. The maximum atomic E-state index is 11.6. The highest BCUT2D eigenvalue weighted by Gasteiger charge is 2.29. The van der Waals surface area contributed by atoms with Crippen LogP contribution in [0.4, 0.5) is 4.79 Å². The molecule has 2 heterocycles. The molecule has 0 spiro atoms. The average molecular weight is 339 g/mol. The summed E-state index contributed by atoms with van der Waals surface area (Å²) >= 11 is 0. The van der Waals surface area contributed by atoms with Gasteiger partial charge in [-0.2, -0.15) is 0 Å². The summed E-state index contributed by atoms with van der Waals surface area (Å²) < 4.78 is 4.80. The van der Waals surface area contributed by atoms with Gasteiger partial charge in [0.25, 0.3) is 0 Å². The van der Waals surface area contributed by atoms with Crippen molar-refractivity contribution < 1.29 is 19.1 Å². The van der Waals surface area contributed by atoms with Gasteiger partial charge in [0.2, 0.25) is 5.91 Å². The number of likely N-dealkylation sites (tertiary alicyclic amines) is 1. The van der Waals surface area contributed by atoms with Crippen LogP contribution in [0.25, 0.3) is 0 Å². The quantitative estimate of drug-likeness (QED) is 0.300. The number of rotatable bonds is 5. The number of esters is 1. The van der Waals surface area contributed by atoms with Gasteiger partial charge in [-0.3, -0.25) is 19.5 Å². The minimum atomic E-state index is -0.362. The molecule has 134 valence electrons. The SMILES string of the molecule is CCNC(=NCCN1C(=O)CNC1=O)N1CCC(C(=O)OC)CC1. The number of methoxy groups -OCH3 is 1. The molecule has 2 N–H and O–H groups in total. The lowest BCUT2D eigenvalue weighted by Gasteiger charge is -2.33. The predicted octanol–water partition coefficient (Wildman–Crippen LogP) is -0.611. The van der Waals surface area contributed by atoms with Crippen molar-refractivity contribution in [2.75, 3.05) is 46.4 Å². The largest absolute Gasteiger partial charge is 0.469 e.